The maximum absolute atomic E-state index is 10.5. The highest BCUT2D eigenvalue weighted by Gasteiger charge is 2.16. The Hall–Kier alpha value is 0.120. The van der Waals surface area contributed by atoms with Crippen LogP contribution < -0.4 is 15.2 Å². The molecule has 1 aliphatic heterocycles. The minimum Gasteiger partial charge on any atom is -0.317 e. The van der Waals surface area contributed by atoms with E-state index < -0.39 is 10.2 Å². The molecule has 0 atom stereocenters. The van der Waals surface area contributed by atoms with Crippen LogP contribution in [0.5, 0.6) is 0 Å². The summed E-state index contributed by atoms with van der Waals surface area (Å²) in [6.07, 6.45) is 1.63. The average molecular weight is 216 g/mol. The van der Waals surface area contributed by atoms with E-state index in [0.717, 1.165) is 25.9 Å². The van der Waals surface area contributed by atoms with Gasteiger partial charge in [-0.25, -0.2) is 5.14 Å². The van der Waals surface area contributed by atoms with E-state index in [1.54, 1.807) is 0 Å². The molecule has 0 aromatic heterocycles. The van der Waals surface area contributed by atoms with E-state index in [1.165, 1.54) is 0 Å². The monoisotopic (exact) mass is 215 g/mol. The minimum absolute atomic E-state index is 0. The first-order valence-corrected chi connectivity index (χ1v) is 5.13. The molecule has 0 unspecified atom stereocenters. The van der Waals surface area contributed by atoms with Crippen molar-refractivity contribution in [2.45, 2.75) is 18.9 Å². The van der Waals surface area contributed by atoms with Crippen LogP contribution in [0.4, 0.5) is 0 Å². The fourth-order valence-corrected chi connectivity index (χ4v) is 1.87. The molecule has 0 amide bonds. The van der Waals surface area contributed by atoms with E-state index in [2.05, 4.69) is 10.0 Å². The number of hydrogen-bond acceptors (Lipinski definition) is 3. The predicted molar refractivity (Wildman–Crippen MR) is 49.4 cm³/mol. The maximum atomic E-state index is 10.5. The van der Waals surface area contributed by atoms with E-state index >= 15 is 0 Å². The minimum atomic E-state index is -3.50. The summed E-state index contributed by atoms with van der Waals surface area (Å²) in [5.41, 5.74) is 0. The summed E-state index contributed by atoms with van der Waals surface area (Å²) in [5.74, 6) is 0. The second-order valence-corrected chi connectivity index (χ2v) is 4.01. The molecule has 1 fully saturated rings. The first-order valence-electron chi connectivity index (χ1n) is 3.59. The molecule has 0 radical (unpaired) electrons. The molecular formula is C5H14ClN3O2S. The van der Waals surface area contributed by atoms with Gasteiger partial charge in [-0.3, -0.25) is 0 Å². The molecule has 0 aliphatic carbocycles. The summed E-state index contributed by atoms with van der Waals surface area (Å²) in [7, 11) is -3.50. The van der Waals surface area contributed by atoms with Crippen LogP contribution in [-0.4, -0.2) is 27.5 Å². The Bertz CT molecular complexity index is 213. The highest BCUT2D eigenvalue weighted by molar-refractivity contribution is 7.87. The third-order valence-electron chi connectivity index (χ3n) is 1.67. The number of piperidine rings is 1. The number of nitrogens with two attached hydrogens (primary N) is 1. The summed E-state index contributed by atoms with van der Waals surface area (Å²) >= 11 is 0. The molecule has 0 spiro atoms. The molecule has 1 rings (SSSR count). The number of nitrogens with one attached hydrogen (secondary N) is 2. The number of rotatable bonds is 2. The fourth-order valence-electron chi connectivity index (χ4n) is 1.17. The van der Waals surface area contributed by atoms with Gasteiger partial charge < -0.3 is 5.32 Å². The van der Waals surface area contributed by atoms with Gasteiger partial charge in [0.05, 0.1) is 0 Å². The number of hydrogen-bond donors (Lipinski definition) is 3. The van der Waals surface area contributed by atoms with Crippen molar-refractivity contribution in [3.05, 3.63) is 0 Å². The largest absolute Gasteiger partial charge is 0.317 e. The van der Waals surface area contributed by atoms with E-state index in [-0.39, 0.29) is 18.4 Å². The molecule has 1 aliphatic rings. The normalized spacial score (nSPS) is 20.1. The molecule has 5 nitrogen and oxygen atoms in total. The van der Waals surface area contributed by atoms with Crippen LogP contribution in [0, 0.1) is 0 Å². The lowest BCUT2D eigenvalue weighted by Gasteiger charge is -2.22. The lowest BCUT2D eigenvalue weighted by molar-refractivity contribution is 0.427. The lowest BCUT2D eigenvalue weighted by Crippen LogP contribution is -2.45. The van der Waals surface area contributed by atoms with Crippen LogP contribution >= 0.6 is 12.4 Å². The summed E-state index contributed by atoms with van der Waals surface area (Å²) in [6.45, 7) is 1.71. The molecular weight excluding hydrogens is 202 g/mol. The SMILES string of the molecule is Cl.NS(=O)(=O)NC1CCNCC1. The Morgan fingerprint density at radius 2 is 1.83 bits per heavy atom. The Kier molecular flexibility index (Phi) is 5.03. The topological polar surface area (TPSA) is 84.2 Å². The van der Waals surface area contributed by atoms with Crippen molar-refractivity contribution in [3.8, 4) is 0 Å². The van der Waals surface area contributed by atoms with Gasteiger partial charge in [-0.2, -0.15) is 13.1 Å². The van der Waals surface area contributed by atoms with Crippen molar-refractivity contribution in [3.63, 3.8) is 0 Å². The highest BCUT2D eigenvalue weighted by atomic mass is 35.5. The van der Waals surface area contributed by atoms with Gasteiger partial charge in [0.15, 0.2) is 0 Å². The highest BCUT2D eigenvalue weighted by Crippen LogP contribution is 2.01. The van der Waals surface area contributed by atoms with E-state index in [4.69, 9.17) is 5.14 Å². The van der Waals surface area contributed by atoms with Crippen LogP contribution in [0.1, 0.15) is 12.8 Å². The zero-order chi connectivity index (χ0) is 8.32. The zero-order valence-electron chi connectivity index (χ0n) is 6.62. The summed E-state index contributed by atoms with van der Waals surface area (Å²) in [4.78, 5) is 0. The maximum Gasteiger partial charge on any atom is 0.274 e. The fraction of sp³-hybridized carbons (Fsp3) is 1.00. The van der Waals surface area contributed by atoms with Gasteiger partial charge in [0.1, 0.15) is 0 Å². The van der Waals surface area contributed by atoms with E-state index in [9.17, 15) is 8.42 Å². The van der Waals surface area contributed by atoms with Crippen LogP contribution in [-0.2, 0) is 10.2 Å². The molecule has 1 saturated heterocycles. The van der Waals surface area contributed by atoms with E-state index in [0.29, 0.717) is 0 Å². The van der Waals surface area contributed by atoms with Gasteiger partial charge in [0.25, 0.3) is 10.2 Å². The van der Waals surface area contributed by atoms with Crippen LogP contribution in [0.3, 0.4) is 0 Å². The van der Waals surface area contributed by atoms with Crippen molar-refractivity contribution in [2.75, 3.05) is 13.1 Å². The first-order chi connectivity index (χ1) is 5.08. The van der Waals surface area contributed by atoms with Crippen molar-refractivity contribution >= 4 is 22.6 Å². The summed E-state index contributed by atoms with van der Waals surface area (Å²) in [6, 6.07) is 0.0197. The van der Waals surface area contributed by atoms with Gasteiger partial charge in [-0.1, -0.05) is 0 Å². The third kappa shape index (κ3) is 4.89. The average Bonchev–Trinajstić information content (AvgIpc) is 1.85. The van der Waals surface area contributed by atoms with Gasteiger partial charge in [0, 0.05) is 6.04 Å². The Morgan fingerprint density at radius 1 is 1.33 bits per heavy atom. The Labute approximate surface area is 78.7 Å². The van der Waals surface area contributed by atoms with Crippen molar-refractivity contribution in [1.29, 1.82) is 0 Å². The van der Waals surface area contributed by atoms with Crippen LogP contribution in [0.25, 0.3) is 0 Å². The molecule has 0 bridgehead atoms. The Morgan fingerprint density at radius 3 is 2.25 bits per heavy atom. The predicted octanol–water partition coefficient (Wildman–Crippen LogP) is -1.05. The van der Waals surface area contributed by atoms with Gasteiger partial charge in [-0.15, -0.1) is 12.4 Å². The van der Waals surface area contributed by atoms with Gasteiger partial charge in [-0.05, 0) is 25.9 Å². The summed E-state index contributed by atoms with van der Waals surface area (Å²) in [5, 5.41) is 7.93. The number of halogens is 1. The molecule has 0 saturated carbocycles. The van der Waals surface area contributed by atoms with Crippen molar-refractivity contribution < 1.29 is 8.42 Å². The quantitative estimate of drug-likeness (QED) is 0.550. The van der Waals surface area contributed by atoms with Crippen LogP contribution in [0.2, 0.25) is 0 Å². The second kappa shape index (κ2) is 4.98. The molecule has 0 aromatic rings. The summed E-state index contributed by atoms with van der Waals surface area (Å²) < 4.78 is 23.5. The zero-order valence-corrected chi connectivity index (χ0v) is 8.25. The van der Waals surface area contributed by atoms with Crippen molar-refractivity contribution in [1.82, 2.24) is 10.0 Å². The Balaban J connectivity index is 0.00000121. The molecule has 0 aromatic carbocycles. The molecule has 74 valence electrons. The van der Waals surface area contributed by atoms with Crippen LogP contribution in [0.15, 0.2) is 0 Å². The molecule has 4 N–H and O–H groups in total. The van der Waals surface area contributed by atoms with Gasteiger partial charge in [0.2, 0.25) is 0 Å². The first kappa shape index (κ1) is 12.1. The van der Waals surface area contributed by atoms with Gasteiger partial charge >= 0.3 is 0 Å². The third-order valence-corrected chi connectivity index (χ3v) is 2.33. The molecule has 1 heterocycles. The molecule has 7 heteroatoms. The van der Waals surface area contributed by atoms with Crippen molar-refractivity contribution in [2.24, 2.45) is 5.14 Å². The smallest absolute Gasteiger partial charge is 0.274 e. The standard InChI is InChI=1S/C5H13N3O2S.ClH/c6-11(9,10)8-5-1-3-7-4-2-5;/h5,7-8H,1-4H2,(H2,6,9,10);1H. The second-order valence-electron chi connectivity index (χ2n) is 2.69. The lowest BCUT2D eigenvalue weighted by atomic mass is 10.1. The molecule has 12 heavy (non-hydrogen) atoms. The van der Waals surface area contributed by atoms with E-state index in [1.807, 2.05) is 0 Å².